The highest BCUT2D eigenvalue weighted by molar-refractivity contribution is 5.88. The van der Waals surface area contributed by atoms with Crippen LogP contribution in [0.3, 0.4) is 0 Å². The van der Waals surface area contributed by atoms with Crippen LogP contribution in [-0.4, -0.2) is 0 Å². The Balaban J connectivity index is 1.51. The van der Waals surface area contributed by atoms with Gasteiger partial charge in [0.15, 0.2) is 0 Å². The van der Waals surface area contributed by atoms with Crippen molar-refractivity contribution in [1.29, 1.82) is 0 Å². The molecule has 0 N–H and O–H groups in total. The standard InChI is InChI=1S/C28H33F/c1-3-5-20-7-9-21(10-8-20)22-11-13-23(14-12-22)25-17-18-27-26(19-25)16-15-24(6-4-2)28(27)29/h11-21H,3-10H2,1-2H3. The van der Waals surface area contributed by atoms with Gasteiger partial charge in [0.05, 0.1) is 0 Å². The molecule has 0 nitrogen and oxygen atoms in total. The van der Waals surface area contributed by atoms with E-state index in [9.17, 15) is 4.39 Å². The van der Waals surface area contributed by atoms with E-state index >= 15 is 0 Å². The summed E-state index contributed by atoms with van der Waals surface area (Å²) in [6.07, 6.45) is 9.91. The lowest BCUT2D eigenvalue weighted by atomic mass is 9.77. The van der Waals surface area contributed by atoms with Crippen molar-refractivity contribution in [3.63, 3.8) is 0 Å². The average molecular weight is 389 g/mol. The van der Waals surface area contributed by atoms with Gasteiger partial charge in [0, 0.05) is 5.39 Å². The topological polar surface area (TPSA) is 0 Å². The van der Waals surface area contributed by atoms with Crippen LogP contribution >= 0.6 is 0 Å². The molecule has 152 valence electrons. The third-order valence-electron chi connectivity index (χ3n) is 6.81. The lowest BCUT2D eigenvalue weighted by molar-refractivity contribution is 0.308. The second kappa shape index (κ2) is 9.11. The van der Waals surface area contributed by atoms with E-state index in [-0.39, 0.29) is 5.82 Å². The van der Waals surface area contributed by atoms with Crippen LogP contribution < -0.4 is 0 Å². The van der Waals surface area contributed by atoms with Gasteiger partial charge < -0.3 is 0 Å². The fourth-order valence-electron chi connectivity index (χ4n) is 5.12. The highest BCUT2D eigenvalue weighted by Crippen LogP contribution is 2.38. The van der Waals surface area contributed by atoms with Crippen LogP contribution in [0.4, 0.5) is 4.39 Å². The number of hydrogen-bond donors (Lipinski definition) is 0. The third kappa shape index (κ3) is 4.39. The molecule has 0 unspecified atom stereocenters. The molecule has 3 aromatic rings. The zero-order valence-corrected chi connectivity index (χ0v) is 17.9. The minimum atomic E-state index is -0.0510. The van der Waals surface area contributed by atoms with Crippen molar-refractivity contribution >= 4 is 10.8 Å². The summed E-state index contributed by atoms with van der Waals surface area (Å²) in [4.78, 5) is 0. The molecular formula is C28H33F. The molecule has 0 spiro atoms. The first-order valence-electron chi connectivity index (χ1n) is 11.5. The molecule has 0 atom stereocenters. The quantitative estimate of drug-likeness (QED) is 0.396. The Morgan fingerprint density at radius 2 is 1.52 bits per heavy atom. The second-order valence-corrected chi connectivity index (χ2v) is 8.85. The van der Waals surface area contributed by atoms with E-state index in [1.807, 2.05) is 12.1 Å². The molecule has 29 heavy (non-hydrogen) atoms. The van der Waals surface area contributed by atoms with E-state index in [2.05, 4.69) is 56.3 Å². The van der Waals surface area contributed by atoms with Crippen LogP contribution in [0.15, 0.2) is 54.6 Å². The molecule has 1 aliphatic carbocycles. The van der Waals surface area contributed by atoms with E-state index in [0.717, 1.165) is 41.0 Å². The number of halogens is 1. The summed E-state index contributed by atoms with van der Waals surface area (Å²) in [6.45, 7) is 4.39. The van der Waals surface area contributed by atoms with E-state index in [0.29, 0.717) is 0 Å². The minimum Gasteiger partial charge on any atom is -0.206 e. The van der Waals surface area contributed by atoms with E-state index < -0.39 is 0 Å². The SMILES string of the molecule is CCCc1ccc2cc(-c3ccc(C4CCC(CCC)CC4)cc3)ccc2c1F. The Bertz CT molecular complexity index is 946. The number of aryl methyl sites for hydroxylation is 1. The molecule has 4 rings (SSSR count). The molecule has 0 aliphatic heterocycles. The Kier molecular flexibility index (Phi) is 6.33. The van der Waals surface area contributed by atoms with Crippen LogP contribution in [0.1, 0.15) is 75.8 Å². The molecule has 3 aromatic carbocycles. The number of hydrogen-bond acceptors (Lipinski definition) is 0. The zero-order chi connectivity index (χ0) is 20.2. The van der Waals surface area contributed by atoms with Gasteiger partial charge in [-0.05, 0) is 77.6 Å². The van der Waals surface area contributed by atoms with Gasteiger partial charge in [-0.15, -0.1) is 0 Å². The van der Waals surface area contributed by atoms with Crippen molar-refractivity contribution in [3.05, 3.63) is 71.5 Å². The van der Waals surface area contributed by atoms with Crippen molar-refractivity contribution in [2.24, 2.45) is 5.92 Å². The Morgan fingerprint density at radius 3 is 2.21 bits per heavy atom. The summed E-state index contributed by atoms with van der Waals surface area (Å²) in [6, 6.07) is 19.3. The van der Waals surface area contributed by atoms with Crippen molar-refractivity contribution in [2.75, 3.05) is 0 Å². The Morgan fingerprint density at radius 1 is 0.793 bits per heavy atom. The predicted molar refractivity (Wildman–Crippen MR) is 123 cm³/mol. The van der Waals surface area contributed by atoms with E-state index in [4.69, 9.17) is 0 Å². The highest BCUT2D eigenvalue weighted by atomic mass is 19.1. The monoisotopic (exact) mass is 388 g/mol. The van der Waals surface area contributed by atoms with Gasteiger partial charge in [0.1, 0.15) is 5.82 Å². The van der Waals surface area contributed by atoms with Crippen LogP contribution in [0.25, 0.3) is 21.9 Å². The molecule has 1 saturated carbocycles. The Hall–Kier alpha value is -2.15. The first kappa shape index (κ1) is 20.1. The first-order valence-corrected chi connectivity index (χ1v) is 11.5. The number of fused-ring (bicyclic) bond motifs is 1. The molecule has 1 fully saturated rings. The average Bonchev–Trinajstić information content (AvgIpc) is 2.76. The maximum absolute atomic E-state index is 14.7. The molecule has 0 amide bonds. The van der Waals surface area contributed by atoms with Crippen LogP contribution in [0.2, 0.25) is 0 Å². The summed E-state index contributed by atoms with van der Waals surface area (Å²) in [5.74, 6) is 1.62. The van der Waals surface area contributed by atoms with Gasteiger partial charge >= 0.3 is 0 Å². The molecule has 0 radical (unpaired) electrons. The number of rotatable bonds is 6. The normalized spacial score (nSPS) is 19.6. The molecule has 1 aliphatic rings. The summed E-state index contributed by atoms with van der Waals surface area (Å²) in [5.41, 5.74) is 4.69. The Labute approximate surface area is 175 Å². The molecule has 1 heteroatoms. The lowest BCUT2D eigenvalue weighted by Gasteiger charge is -2.28. The lowest BCUT2D eigenvalue weighted by Crippen LogP contribution is -2.13. The fourth-order valence-corrected chi connectivity index (χ4v) is 5.12. The molecule has 0 heterocycles. The zero-order valence-electron chi connectivity index (χ0n) is 17.9. The largest absolute Gasteiger partial charge is 0.206 e. The molecule has 0 saturated heterocycles. The van der Waals surface area contributed by atoms with Gasteiger partial charge in [0.2, 0.25) is 0 Å². The van der Waals surface area contributed by atoms with Crippen molar-refractivity contribution in [2.45, 2.75) is 71.1 Å². The molecular weight excluding hydrogens is 355 g/mol. The molecule has 0 bridgehead atoms. The van der Waals surface area contributed by atoms with Gasteiger partial charge in [-0.2, -0.15) is 0 Å². The maximum atomic E-state index is 14.7. The van der Waals surface area contributed by atoms with Gasteiger partial charge in [-0.3, -0.25) is 0 Å². The van der Waals surface area contributed by atoms with Crippen LogP contribution in [0, 0.1) is 11.7 Å². The van der Waals surface area contributed by atoms with Gasteiger partial charge in [0.25, 0.3) is 0 Å². The minimum absolute atomic E-state index is 0.0510. The summed E-state index contributed by atoms with van der Waals surface area (Å²) in [5, 5.41) is 1.72. The van der Waals surface area contributed by atoms with Gasteiger partial charge in [-0.1, -0.05) is 81.6 Å². The molecule has 0 aromatic heterocycles. The van der Waals surface area contributed by atoms with Crippen molar-refractivity contribution in [3.8, 4) is 11.1 Å². The maximum Gasteiger partial charge on any atom is 0.134 e. The number of benzene rings is 3. The van der Waals surface area contributed by atoms with E-state index in [1.54, 1.807) is 0 Å². The summed E-state index contributed by atoms with van der Waals surface area (Å²) >= 11 is 0. The van der Waals surface area contributed by atoms with Crippen LogP contribution in [0.5, 0.6) is 0 Å². The van der Waals surface area contributed by atoms with Gasteiger partial charge in [-0.25, -0.2) is 4.39 Å². The van der Waals surface area contributed by atoms with E-state index in [1.165, 1.54) is 55.2 Å². The fraction of sp³-hybridized carbons (Fsp3) is 0.429. The first-order chi connectivity index (χ1) is 14.2. The van der Waals surface area contributed by atoms with Crippen molar-refractivity contribution in [1.82, 2.24) is 0 Å². The summed E-state index contributed by atoms with van der Waals surface area (Å²) in [7, 11) is 0. The van der Waals surface area contributed by atoms with Crippen LogP contribution in [-0.2, 0) is 6.42 Å². The summed E-state index contributed by atoms with van der Waals surface area (Å²) < 4.78 is 14.7. The highest BCUT2D eigenvalue weighted by Gasteiger charge is 2.21. The predicted octanol–water partition coefficient (Wildman–Crippen LogP) is 8.67. The smallest absolute Gasteiger partial charge is 0.134 e. The third-order valence-corrected chi connectivity index (χ3v) is 6.81. The second-order valence-electron chi connectivity index (χ2n) is 8.85. The van der Waals surface area contributed by atoms with Crippen molar-refractivity contribution < 1.29 is 4.39 Å².